The predicted molar refractivity (Wildman–Crippen MR) is 102 cm³/mol. The normalized spacial score (nSPS) is 20.7. The molecule has 0 atom stereocenters. The van der Waals surface area contributed by atoms with Gasteiger partial charge >= 0.3 is 0 Å². The van der Waals surface area contributed by atoms with Crippen molar-refractivity contribution in [3.05, 3.63) is 41.7 Å². The summed E-state index contributed by atoms with van der Waals surface area (Å²) in [7, 11) is 0. The molecular formula is C19H24N4OS. The molecule has 1 aliphatic rings. The van der Waals surface area contributed by atoms with Crippen LogP contribution in [0.2, 0.25) is 0 Å². The minimum absolute atomic E-state index is 0.0655. The molecule has 1 fully saturated rings. The summed E-state index contributed by atoms with van der Waals surface area (Å²) in [6, 6.07) is 10.4. The first kappa shape index (κ1) is 17.7. The minimum atomic E-state index is 0.0655. The highest BCUT2D eigenvalue weighted by atomic mass is 32.2. The molecule has 1 aromatic carbocycles. The van der Waals surface area contributed by atoms with Gasteiger partial charge in [0.15, 0.2) is 0 Å². The van der Waals surface area contributed by atoms with Gasteiger partial charge in [-0.15, -0.1) is 5.10 Å². The summed E-state index contributed by atoms with van der Waals surface area (Å²) in [5.74, 6) is 1.90. The van der Waals surface area contributed by atoms with E-state index in [0.29, 0.717) is 22.8 Å². The number of H-pyrrole nitrogens is 1. The largest absolute Gasteiger partial charge is 0.353 e. The third-order valence-corrected chi connectivity index (χ3v) is 5.28. The molecule has 0 unspecified atom stereocenters. The predicted octanol–water partition coefficient (Wildman–Crippen LogP) is 3.76. The van der Waals surface area contributed by atoms with Crippen LogP contribution in [0.3, 0.4) is 0 Å². The Bertz CT molecular complexity index is 705. The Hall–Kier alpha value is -2.08. The highest BCUT2D eigenvalue weighted by Crippen LogP contribution is 2.23. The second-order valence-electron chi connectivity index (χ2n) is 6.56. The Balaban J connectivity index is 1.44. The van der Waals surface area contributed by atoms with Crippen LogP contribution in [0.15, 0.2) is 35.5 Å². The van der Waals surface area contributed by atoms with Crippen LogP contribution in [0, 0.1) is 5.92 Å². The molecule has 3 rings (SSSR count). The van der Waals surface area contributed by atoms with Crippen LogP contribution in [0.1, 0.15) is 44.0 Å². The lowest BCUT2D eigenvalue weighted by Gasteiger charge is -2.26. The second-order valence-corrected chi connectivity index (χ2v) is 7.50. The Morgan fingerprint density at radius 2 is 2.00 bits per heavy atom. The highest BCUT2D eigenvalue weighted by molar-refractivity contribution is 7.99. The molecule has 0 radical (unpaired) electrons. The standard InChI is InChI=1S/C19H24N4OS/c1-14-7-10-16(11-8-14)20-18(24)13-25-19-21-17(22-23-19)12-9-15-5-3-2-4-6-15/h2-6,9,12,14,16H,7-8,10-11,13H2,1H3,(H,20,24)(H,21,22,23)/b12-9+. The van der Waals surface area contributed by atoms with E-state index in [1.165, 1.54) is 24.6 Å². The van der Waals surface area contributed by atoms with E-state index in [2.05, 4.69) is 27.4 Å². The Morgan fingerprint density at radius 1 is 1.24 bits per heavy atom. The molecule has 5 nitrogen and oxygen atoms in total. The van der Waals surface area contributed by atoms with E-state index in [1.54, 1.807) is 0 Å². The summed E-state index contributed by atoms with van der Waals surface area (Å²) >= 11 is 1.36. The molecule has 1 aromatic heterocycles. The Labute approximate surface area is 152 Å². The molecule has 1 heterocycles. The molecule has 0 bridgehead atoms. The molecule has 6 heteroatoms. The zero-order valence-corrected chi connectivity index (χ0v) is 15.3. The van der Waals surface area contributed by atoms with Gasteiger partial charge in [-0.2, -0.15) is 0 Å². The van der Waals surface area contributed by atoms with Gasteiger partial charge in [-0.1, -0.05) is 55.1 Å². The number of hydrogen-bond donors (Lipinski definition) is 2. The van der Waals surface area contributed by atoms with Crippen molar-refractivity contribution in [1.82, 2.24) is 20.5 Å². The SMILES string of the molecule is CC1CCC(NC(=O)CSc2n[nH]c(/C=C/c3ccccc3)n2)CC1. The lowest BCUT2D eigenvalue weighted by molar-refractivity contribution is -0.119. The van der Waals surface area contributed by atoms with Gasteiger partial charge in [0.25, 0.3) is 0 Å². The molecule has 0 saturated heterocycles. The van der Waals surface area contributed by atoms with Gasteiger partial charge in [0.05, 0.1) is 5.75 Å². The summed E-state index contributed by atoms with van der Waals surface area (Å²) in [6.45, 7) is 2.28. The quantitative estimate of drug-likeness (QED) is 0.773. The highest BCUT2D eigenvalue weighted by Gasteiger charge is 2.19. The zero-order chi connectivity index (χ0) is 17.5. The van der Waals surface area contributed by atoms with E-state index < -0.39 is 0 Å². The summed E-state index contributed by atoms with van der Waals surface area (Å²) in [5.41, 5.74) is 1.11. The molecular weight excluding hydrogens is 332 g/mol. The summed E-state index contributed by atoms with van der Waals surface area (Å²) < 4.78 is 0. The third kappa shape index (κ3) is 5.74. The molecule has 132 valence electrons. The van der Waals surface area contributed by atoms with Gasteiger partial charge in [0, 0.05) is 6.04 Å². The van der Waals surface area contributed by atoms with Crippen molar-refractivity contribution in [1.29, 1.82) is 0 Å². The number of aromatic nitrogens is 3. The van der Waals surface area contributed by atoms with Crippen molar-refractivity contribution in [3.63, 3.8) is 0 Å². The molecule has 0 spiro atoms. The first-order chi connectivity index (χ1) is 12.2. The number of benzene rings is 1. The van der Waals surface area contributed by atoms with Crippen LogP contribution < -0.4 is 5.32 Å². The number of thioether (sulfide) groups is 1. The average molecular weight is 356 g/mol. The third-order valence-electron chi connectivity index (χ3n) is 4.43. The molecule has 25 heavy (non-hydrogen) atoms. The molecule has 0 aliphatic heterocycles. The first-order valence-electron chi connectivity index (χ1n) is 8.77. The van der Waals surface area contributed by atoms with E-state index >= 15 is 0 Å². The fourth-order valence-corrected chi connectivity index (χ4v) is 3.56. The maximum absolute atomic E-state index is 12.1. The van der Waals surface area contributed by atoms with Gasteiger partial charge < -0.3 is 5.32 Å². The monoisotopic (exact) mass is 356 g/mol. The topological polar surface area (TPSA) is 70.7 Å². The van der Waals surface area contributed by atoms with Crippen LogP contribution >= 0.6 is 11.8 Å². The van der Waals surface area contributed by atoms with E-state index in [1.807, 2.05) is 42.5 Å². The van der Waals surface area contributed by atoms with Gasteiger partial charge in [-0.05, 0) is 43.2 Å². The van der Waals surface area contributed by atoms with Crippen LogP contribution in [0.5, 0.6) is 0 Å². The maximum Gasteiger partial charge on any atom is 0.230 e. The van der Waals surface area contributed by atoms with Crippen molar-refractivity contribution in [2.24, 2.45) is 5.92 Å². The summed E-state index contributed by atoms with van der Waals surface area (Å²) in [4.78, 5) is 16.5. The first-order valence-corrected chi connectivity index (χ1v) is 9.75. The number of rotatable bonds is 6. The Morgan fingerprint density at radius 3 is 2.76 bits per heavy atom. The van der Waals surface area contributed by atoms with Crippen molar-refractivity contribution >= 4 is 29.8 Å². The van der Waals surface area contributed by atoms with E-state index in [9.17, 15) is 4.79 Å². The number of amides is 1. The number of carbonyl (C=O) groups is 1. The zero-order valence-electron chi connectivity index (χ0n) is 14.4. The average Bonchev–Trinajstić information content (AvgIpc) is 3.09. The van der Waals surface area contributed by atoms with Crippen molar-refractivity contribution < 1.29 is 4.79 Å². The maximum atomic E-state index is 12.1. The van der Waals surface area contributed by atoms with Crippen LogP contribution in [0.25, 0.3) is 12.2 Å². The van der Waals surface area contributed by atoms with E-state index in [-0.39, 0.29) is 5.91 Å². The van der Waals surface area contributed by atoms with Crippen molar-refractivity contribution in [3.8, 4) is 0 Å². The number of aromatic amines is 1. The summed E-state index contributed by atoms with van der Waals surface area (Å²) in [6.07, 6.45) is 8.45. The fraction of sp³-hybridized carbons (Fsp3) is 0.421. The van der Waals surface area contributed by atoms with Gasteiger partial charge in [0.2, 0.25) is 11.1 Å². The number of hydrogen-bond acceptors (Lipinski definition) is 4. The van der Waals surface area contributed by atoms with Crippen LogP contribution in [-0.4, -0.2) is 32.9 Å². The number of carbonyl (C=O) groups excluding carboxylic acids is 1. The van der Waals surface area contributed by atoms with Crippen LogP contribution in [-0.2, 0) is 4.79 Å². The van der Waals surface area contributed by atoms with Gasteiger partial charge in [0.1, 0.15) is 5.82 Å². The van der Waals surface area contributed by atoms with Gasteiger partial charge in [-0.25, -0.2) is 4.98 Å². The van der Waals surface area contributed by atoms with Crippen LogP contribution in [0.4, 0.5) is 0 Å². The summed E-state index contributed by atoms with van der Waals surface area (Å²) in [5, 5.41) is 10.8. The fourth-order valence-electron chi connectivity index (χ4n) is 2.94. The number of nitrogens with zero attached hydrogens (tertiary/aromatic N) is 2. The van der Waals surface area contributed by atoms with E-state index in [4.69, 9.17) is 0 Å². The number of nitrogens with one attached hydrogen (secondary N) is 2. The molecule has 2 aromatic rings. The lowest BCUT2D eigenvalue weighted by Crippen LogP contribution is -2.38. The molecule has 2 N–H and O–H groups in total. The van der Waals surface area contributed by atoms with Gasteiger partial charge in [-0.3, -0.25) is 9.89 Å². The Kier molecular flexibility index (Phi) is 6.28. The molecule has 1 saturated carbocycles. The minimum Gasteiger partial charge on any atom is -0.353 e. The van der Waals surface area contributed by atoms with Crippen molar-refractivity contribution in [2.75, 3.05) is 5.75 Å². The van der Waals surface area contributed by atoms with E-state index in [0.717, 1.165) is 24.3 Å². The molecule has 1 aliphatic carbocycles. The molecule has 1 amide bonds. The van der Waals surface area contributed by atoms with Crippen molar-refractivity contribution in [2.45, 2.75) is 43.8 Å². The smallest absolute Gasteiger partial charge is 0.230 e. The second kappa shape index (κ2) is 8.85. The lowest BCUT2D eigenvalue weighted by atomic mass is 9.87.